The standard InChI is InChI=1S/C16H20F6O3/c1-8(2)13(23)25-12(7-11-6-9-3-4-10(11)5-9)14(24,15(17,18)19)16(20,21)22/h9-12,24H,1,3-7H2,2H3. The largest absolute Gasteiger partial charge is 0.455 e. The number of aliphatic hydroxyl groups is 1. The summed E-state index contributed by atoms with van der Waals surface area (Å²) in [6.07, 6.45) is -12.7. The Labute approximate surface area is 141 Å². The number of hydrogen-bond acceptors (Lipinski definition) is 3. The number of hydrogen-bond donors (Lipinski definition) is 1. The lowest BCUT2D eigenvalue weighted by molar-refractivity contribution is -0.392. The lowest BCUT2D eigenvalue weighted by Gasteiger charge is -2.39. The van der Waals surface area contributed by atoms with E-state index in [1.54, 1.807) is 0 Å². The van der Waals surface area contributed by atoms with Crippen LogP contribution in [0.25, 0.3) is 0 Å². The van der Waals surface area contributed by atoms with Gasteiger partial charge in [0.2, 0.25) is 0 Å². The van der Waals surface area contributed by atoms with E-state index in [9.17, 15) is 36.2 Å². The van der Waals surface area contributed by atoms with Crippen molar-refractivity contribution in [3.05, 3.63) is 12.2 Å². The Morgan fingerprint density at radius 3 is 2.08 bits per heavy atom. The van der Waals surface area contributed by atoms with Gasteiger partial charge in [-0.1, -0.05) is 13.0 Å². The van der Waals surface area contributed by atoms with Crippen LogP contribution in [0.1, 0.15) is 39.0 Å². The smallest absolute Gasteiger partial charge is 0.430 e. The van der Waals surface area contributed by atoms with Crippen LogP contribution in [0.2, 0.25) is 0 Å². The number of alkyl halides is 6. The fourth-order valence-corrected chi connectivity index (χ4v) is 4.00. The van der Waals surface area contributed by atoms with Gasteiger partial charge in [-0.05, 0) is 50.4 Å². The van der Waals surface area contributed by atoms with Crippen molar-refractivity contribution in [2.45, 2.75) is 63.1 Å². The van der Waals surface area contributed by atoms with E-state index in [-0.39, 0.29) is 17.4 Å². The van der Waals surface area contributed by atoms with Crippen molar-refractivity contribution < 1.29 is 41.0 Å². The molecule has 4 unspecified atom stereocenters. The van der Waals surface area contributed by atoms with Crippen molar-refractivity contribution in [1.82, 2.24) is 0 Å². The Balaban J connectivity index is 2.34. The van der Waals surface area contributed by atoms with Crippen LogP contribution in [-0.2, 0) is 9.53 Å². The van der Waals surface area contributed by atoms with Crippen molar-refractivity contribution in [3.8, 4) is 0 Å². The Bertz CT molecular complexity index is 525. The minimum Gasteiger partial charge on any atom is -0.455 e. The van der Waals surface area contributed by atoms with Gasteiger partial charge in [0, 0.05) is 5.57 Å². The van der Waals surface area contributed by atoms with Crippen molar-refractivity contribution in [1.29, 1.82) is 0 Å². The molecule has 0 aliphatic heterocycles. The molecule has 0 aromatic rings. The van der Waals surface area contributed by atoms with E-state index in [4.69, 9.17) is 0 Å². The predicted molar refractivity (Wildman–Crippen MR) is 75.3 cm³/mol. The molecule has 4 atom stereocenters. The van der Waals surface area contributed by atoms with Crippen LogP contribution in [-0.4, -0.2) is 35.1 Å². The summed E-state index contributed by atoms with van der Waals surface area (Å²) in [5.74, 6) is -1.56. The summed E-state index contributed by atoms with van der Waals surface area (Å²) < 4.78 is 83.6. The van der Waals surface area contributed by atoms with E-state index in [2.05, 4.69) is 11.3 Å². The van der Waals surface area contributed by atoms with Gasteiger partial charge in [0.25, 0.3) is 5.60 Å². The van der Waals surface area contributed by atoms with E-state index < -0.39 is 42.4 Å². The molecule has 2 aliphatic carbocycles. The first-order chi connectivity index (χ1) is 11.3. The summed E-state index contributed by atoms with van der Waals surface area (Å²) in [4.78, 5) is 11.6. The number of esters is 1. The van der Waals surface area contributed by atoms with Gasteiger partial charge in [0.1, 0.15) is 6.10 Å². The molecule has 25 heavy (non-hydrogen) atoms. The van der Waals surface area contributed by atoms with Crippen LogP contribution < -0.4 is 0 Å². The minimum atomic E-state index is -6.04. The van der Waals surface area contributed by atoms with Crippen LogP contribution in [0, 0.1) is 17.8 Å². The van der Waals surface area contributed by atoms with Crippen LogP contribution in [0.5, 0.6) is 0 Å². The molecular weight excluding hydrogens is 354 g/mol. The molecule has 0 amide bonds. The highest BCUT2D eigenvalue weighted by Crippen LogP contribution is 2.53. The van der Waals surface area contributed by atoms with E-state index in [0.717, 1.165) is 26.2 Å². The van der Waals surface area contributed by atoms with Crippen molar-refractivity contribution in [2.24, 2.45) is 17.8 Å². The molecule has 144 valence electrons. The summed E-state index contributed by atoms with van der Waals surface area (Å²) in [6, 6.07) is 0. The molecular formula is C16H20F6O3. The summed E-state index contributed by atoms with van der Waals surface area (Å²) in [6.45, 7) is 4.27. The molecule has 0 spiro atoms. The highest BCUT2D eigenvalue weighted by Gasteiger charge is 2.75. The zero-order chi connectivity index (χ0) is 19.2. The molecule has 2 aliphatic rings. The summed E-state index contributed by atoms with van der Waals surface area (Å²) in [7, 11) is 0. The number of carbonyl (C=O) groups is 1. The summed E-state index contributed by atoms with van der Waals surface area (Å²) in [5, 5.41) is 9.65. The molecule has 3 nitrogen and oxygen atoms in total. The van der Waals surface area contributed by atoms with Crippen molar-refractivity contribution >= 4 is 5.97 Å². The molecule has 2 rings (SSSR count). The third kappa shape index (κ3) is 3.66. The van der Waals surface area contributed by atoms with Crippen molar-refractivity contribution in [3.63, 3.8) is 0 Å². The van der Waals surface area contributed by atoms with E-state index in [1.807, 2.05) is 0 Å². The second kappa shape index (κ2) is 6.48. The third-order valence-corrected chi connectivity index (χ3v) is 5.33. The van der Waals surface area contributed by atoms with Crippen LogP contribution in [0.15, 0.2) is 12.2 Å². The first-order valence-corrected chi connectivity index (χ1v) is 7.99. The van der Waals surface area contributed by atoms with Crippen molar-refractivity contribution in [2.75, 3.05) is 0 Å². The van der Waals surface area contributed by atoms with Gasteiger partial charge in [-0.3, -0.25) is 0 Å². The third-order valence-electron chi connectivity index (χ3n) is 5.33. The molecule has 0 radical (unpaired) electrons. The zero-order valence-electron chi connectivity index (χ0n) is 13.6. The summed E-state index contributed by atoms with van der Waals surface area (Å²) in [5.41, 5.74) is -5.46. The minimum absolute atomic E-state index is 0.00162. The molecule has 0 heterocycles. The monoisotopic (exact) mass is 374 g/mol. The topological polar surface area (TPSA) is 46.5 Å². The lowest BCUT2D eigenvalue weighted by atomic mass is 9.80. The van der Waals surface area contributed by atoms with Gasteiger partial charge in [-0.2, -0.15) is 26.3 Å². The van der Waals surface area contributed by atoms with Gasteiger partial charge in [0.05, 0.1) is 0 Å². The lowest BCUT2D eigenvalue weighted by Crippen LogP contribution is -2.65. The Morgan fingerprint density at radius 2 is 1.72 bits per heavy atom. The molecule has 2 bridgehead atoms. The molecule has 0 aromatic heterocycles. The Morgan fingerprint density at radius 1 is 1.16 bits per heavy atom. The molecule has 9 heteroatoms. The maximum atomic E-state index is 13.2. The SMILES string of the molecule is C=C(C)C(=O)OC(CC1CC2CCC1C2)C(O)(C(F)(F)F)C(F)(F)F. The van der Waals surface area contributed by atoms with E-state index in [0.29, 0.717) is 6.42 Å². The van der Waals surface area contributed by atoms with E-state index in [1.165, 1.54) is 0 Å². The predicted octanol–water partition coefficient (Wildman–Crippen LogP) is 4.16. The molecule has 0 aromatic carbocycles. The van der Waals surface area contributed by atoms with Gasteiger partial charge in [0.15, 0.2) is 0 Å². The normalized spacial score (nSPS) is 28.1. The van der Waals surface area contributed by atoms with Crippen LogP contribution >= 0.6 is 0 Å². The van der Waals surface area contributed by atoms with Gasteiger partial charge < -0.3 is 9.84 Å². The fourth-order valence-electron chi connectivity index (χ4n) is 4.00. The average molecular weight is 374 g/mol. The molecule has 1 N–H and O–H groups in total. The summed E-state index contributed by atoms with van der Waals surface area (Å²) >= 11 is 0. The second-order valence-corrected chi connectivity index (χ2v) is 7.11. The van der Waals surface area contributed by atoms with Crippen LogP contribution in [0.4, 0.5) is 26.3 Å². The fraction of sp³-hybridized carbons (Fsp3) is 0.812. The highest BCUT2D eigenvalue weighted by atomic mass is 19.4. The van der Waals surface area contributed by atoms with Gasteiger partial charge >= 0.3 is 18.3 Å². The quantitative estimate of drug-likeness (QED) is 0.447. The first-order valence-electron chi connectivity index (χ1n) is 7.99. The number of carbonyl (C=O) groups excluding carboxylic acids is 1. The molecule has 0 saturated heterocycles. The maximum absolute atomic E-state index is 13.2. The van der Waals surface area contributed by atoms with Gasteiger partial charge in [-0.15, -0.1) is 0 Å². The second-order valence-electron chi connectivity index (χ2n) is 7.11. The number of halogens is 6. The molecule has 2 fully saturated rings. The van der Waals surface area contributed by atoms with E-state index >= 15 is 0 Å². The van der Waals surface area contributed by atoms with Gasteiger partial charge in [-0.25, -0.2) is 4.79 Å². The zero-order valence-corrected chi connectivity index (χ0v) is 13.6. The molecule has 2 saturated carbocycles. The highest BCUT2D eigenvalue weighted by molar-refractivity contribution is 5.87. The average Bonchev–Trinajstić information content (AvgIpc) is 3.05. The number of ether oxygens (including phenoxy) is 1. The first kappa shape index (κ1) is 20.1. The number of rotatable bonds is 5. The maximum Gasteiger partial charge on any atom is 0.430 e. The van der Waals surface area contributed by atoms with Crippen LogP contribution in [0.3, 0.4) is 0 Å². The number of fused-ring (bicyclic) bond motifs is 2. The Kier molecular flexibility index (Phi) is 5.20. The Hall–Kier alpha value is -1.25.